The van der Waals surface area contributed by atoms with Crippen LogP contribution in [0.4, 0.5) is 0 Å². The van der Waals surface area contributed by atoms with Crippen LogP contribution in [0.5, 0.6) is 0 Å². The summed E-state index contributed by atoms with van der Waals surface area (Å²) in [6.07, 6.45) is 0.625. The highest BCUT2D eigenvalue weighted by molar-refractivity contribution is 9.10. The van der Waals surface area contributed by atoms with Crippen LogP contribution in [0.15, 0.2) is 4.60 Å². The zero-order chi connectivity index (χ0) is 13.1. The first-order valence-corrected chi connectivity index (χ1v) is 6.62. The number of nitrogens with one attached hydrogen (secondary N) is 1. The van der Waals surface area contributed by atoms with Crippen LogP contribution in [0.25, 0.3) is 0 Å². The number of aromatic nitrogens is 3. The Labute approximate surface area is 111 Å². The van der Waals surface area contributed by atoms with Crippen LogP contribution in [-0.2, 0) is 12.6 Å². The van der Waals surface area contributed by atoms with Gasteiger partial charge in [0.15, 0.2) is 4.60 Å². The Bertz CT molecular complexity index is 343. The van der Waals surface area contributed by atoms with Crippen LogP contribution in [0.2, 0.25) is 0 Å². The summed E-state index contributed by atoms with van der Waals surface area (Å²) in [5, 5.41) is 21.5. The molecule has 0 aromatic carbocycles. The van der Waals surface area contributed by atoms with E-state index in [1.54, 1.807) is 18.7 Å². The summed E-state index contributed by atoms with van der Waals surface area (Å²) in [6.45, 7) is 7.83. The van der Waals surface area contributed by atoms with E-state index < -0.39 is 5.60 Å². The van der Waals surface area contributed by atoms with Crippen molar-refractivity contribution in [1.29, 1.82) is 0 Å². The molecule has 17 heavy (non-hydrogen) atoms. The molecule has 0 fully saturated rings. The van der Waals surface area contributed by atoms with E-state index >= 15 is 0 Å². The van der Waals surface area contributed by atoms with Gasteiger partial charge in [0.1, 0.15) is 11.3 Å². The van der Waals surface area contributed by atoms with E-state index in [0.717, 1.165) is 13.1 Å². The van der Waals surface area contributed by atoms with Crippen LogP contribution in [-0.4, -0.2) is 33.2 Å². The summed E-state index contributed by atoms with van der Waals surface area (Å²) in [5.41, 5.74) is -0.218. The van der Waals surface area contributed by atoms with Gasteiger partial charge in [-0.1, -0.05) is 19.1 Å². The quantitative estimate of drug-likeness (QED) is 0.780. The molecule has 0 radical (unpaired) electrons. The largest absolute Gasteiger partial charge is 0.384 e. The molecular formula is C11H21BrN4O. The zero-order valence-corrected chi connectivity index (χ0v) is 12.5. The highest BCUT2D eigenvalue weighted by Gasteiger charge is 2.29. The van der Waals surface area contributed by atoms with Crippen LogP contribution >= 0.6 is 15.9 Å². The molecule has 1 heterocycles. The minimum absolute atomic E-state index is 0.605. The number of halogens is 1. The highest BCUT2D eigenvalue weighted by atomic mass is 79.9. The molecule has 0 aliphatic rings. The third-order valence-corrected chi connectivity index (χ3v) is 3.17. The molecule has 0 aliphatic heterocycles. The summed E-state index contributed by atoms with van der Waals surface area (Å²) in [4.78, 5) is 0. The predicted molar refractivity (Wildman–Crippen MR) is 70.6 cm³/mol. The standard InChI is InChI=1S/C11H21BrN4O/c1-8(2)7-13-6-5-11(3,17)9-10(12)14-15-16(9)4/h8,13,17H,5-7H2,1-4H3. The molecule has 1 rings (SSSR count). The Morgan fingerprint density at radius 1 is 1.53 bits per heavy atom. The molecular weight excluding hydrogens is 284 g/mol. The van der Waals surface area contributed by atoms with Gasteiger partial charge in [-0.2, -0.15) is 0 Å². The third-order valence-electron chi connectivity index (χ3n) is 2.64. The minimum Gasteiger partial charge on any atom is -0.384 e. The monoisotopic (exact) mass is 304 g/mol. The van der Waals surface area contributed by atoms with E-state index in [1.807, 2.05) is 0 Å². The van der Waals surface area contributed by atoms with Gasteiger partial charge in [-0.3, -0.25) is 0 Å². The lowest BCUT2D eigenvalue weighted by Crippen LogP contribution is -2.31. The first-order valence-electron chi connectivity index (χ1n) is 5.83. The van der Waals surface area contributed by atoms with E-state index in [2.05, 4.69) is 45.4 Å². The topological polar surface area (TPSA) is 63.0 Å². The molecule has 1 atom stereocenters. The van der Waals surface area contributed by atoms with Crippen molar-refractivity contribution in [1.82, 2.24) is 20.3 Å². The SMILES string of the molecule is CC(C)CNCCC(C)(O)c1c(Br)nnn1C. The molecule has 1 aromatic rings. The third kappa shape index (κ3) is 4.04. The fourth-order valence-electron chi connectivity index (χ4n) is 1.74. The summed E-state index contributed by atoms with van der Waals surface area (Å²) in [5.74, 6) is 0.616. The van der Waals surface area contributed by atoms with E-state index in [-0.39, 0.29) is 0 Å². The molecule has 98 valence electrons. The molecule has 1 unspecified atom stereocenters. The lowest BCUT2D eigenvalue weighted by atomic mass is 9.98. The Morgan fingerprint density at radius 2 is 2.18 bits per heavy atom. The van der Waals surface area contributed by atoms with Crippen molar-refractivity contribution in [2.45, 2.75) is 32.8 Å². The van der Waals surface area contributed by atoms with E-state index in [9.17, 15) is 5.11 Å². The van der Waals surface area contributed by atoms with Gasteiger partial charge in [0, 0.05) is 7.05 Å². The maximum atomic E-state index is 10.4. The molecule has 2 N–H and O–H groups in total. The molecule has 0 saturated carbocycles. The molecule has 0 spiro atoms. The van der Waals surface area contributed by atoms with Crippen molar-refractivity contribution in [2.24, 2.45) is 13.0 Å². The average Bonchev–Trinajstić information content (AvgIpc) is 2.53. The second kappa shape index (κ2) is 5.93. The second-order valence-electron chi connectivity index (χ2n) is 4.97. The van der Waals surface area contributed by atoms with Gasteiger partial charge in [0.05, 0.1) is 0 Å². The maximum absolute atomic E-state index is 10.4. The summed E-state index contributed by atoms with van der Waals surface area (Å²) < 4.78 is 2.21. The lowest BCUT2D eigenvalue weighted by Gasteiger charge is -2.23. The number of hydrogen-bond donors (Lipinski definition) is 2. The van der Waals surface area contributed by atoms with Gasteiger partial charge < -0.3 is 10.4 Å². The van der Waals surface area contributed by atoms with Crippen molar-refractivity contribution in [3.8, 4) is 0 Å². The normalized spacial score (nSPS) is 15.2. The Balaban J connectivity index is 2.57. The number of aryl methyl sites for hydroxylation is 1. The Hall–Kier alpha value is -0.460. The van der Waals surface area contributed by atoms with Crippen LogP contribution in [0.3, 0.4) is 0 Å². The first kappa shape index (κ1) is 14.6. The predicted octanol–water partition coefficient (Wildman–Crippen LogP) is 1.42. The van der Waals surface area contributed by atoms with Crippen LogP contribution in [0, 0.1) is 5.92 Å². The van der Waals surface area contributed by atoms with E-state index in [1.165, 1.54) is 0 Å². The van der Waals surface area contributed by atoms with Gasteiger partial charge in [-0.25, -0.2) is 4.68 Å². The number of hydrogen-bond acceptors (Lipinski definition) is 4. The lowest BCUT2D eigenvalue weighted by molar-refractivity contribution is 0.0387. The molecule has 0 aliphatic carbocycles. The fraction of sp³-hybridized carbons (Fsp3) is 0.818. The van der Waals surface area contributed by atoms with Gasteiger partial charge >= 0.3 is 0 Å². The van der Waals surface area contributed by atoms with Crippen LogP contribution in [0.1, 0.15) is 32.9 Å². The molecule has 0 bridgehead atoms. The van der Waals surface area contributed by atoms with Crippen molar-refractivity contribution in [2.75, 3.05) is 13.1 Å². The summed E-state index contributed by atoms with van der Waals surface area (Å²) >= 11 is 3.31. The van der Waals surface area contributed by atoms with E-state index in [0.29, 0.717) is 22.6 Å². The van der Waals surface area contributed by atoms with Gasteiger partial charge in [-0.05, 0) is 48.3 Å². The van der Waals surface area contributed by atoms with Crippen molar-refractivity contribution < 1.29 is 5.11 Å². The number of aliphatic hydroxyl groups is 1. The highest BCUT2D eigenvalue weighted by Crippen LogP contribution is 2.28. The number of nitrogens with zero attached hydrogens (tertiary/aromatic N) is 3. The average molecular weight is 305 g/mol. The molecule has 0 saturated heterocycles. The second-order valence-corrected chi connectivity index (χ2v) is 5.73. The zero-order valence-electron chi connectivity index (χ0n) is 10.9. The Kier molecular flexibility index (Phi) is 5.09. The molecule has 1 aromatic heterocycles. The van der Waals surface area contributed by atoms with Crippen LogP contribution < -0.4 is 5.32 Å². The van der Waals surface area contributed by atoms with Gasteiger partial charge in [0.25, 0.3) is 0 Å². The van der Waals surface area contributed by atoms with Gasteiger partial charge in [0.2, 0.25) is 0 Å². The smallest absolute Gasteiger partial charge is 0.154 e. The van der Waals surface area contributed by atoms with Gasteiger partial charge in [-0.15, -0.1) is 5.10 Å². The fourth-order valence-corrected chi connectivity index (χ4v) is 2.50. The van der Waals surface area contributed by atoms with Crippen molar-refractivity contribution in [3.63, 3.8) is 0 Å². The summed E-state index contributed by atoms with van der Waals surface area (Å²) in [7, 11) is 1.78. The number of rotatable bonds is 6. The summed E-state index contributed by atoms with van der Waals surface area (Å²) in [6, 6.07) is 0. The Morgan fingerprint density at radius 3 is 2.65 bits per heavy atom. The van der Waals surface area contributed by atoms with Crippen molar-refractivity contribution >= 4 is 15.9 Å². The minimum atomic E-state index is -0.930. The first-order chi connectivity index (χ1) is 7.84. The van der Waals surface area contributed by atoms with Crippen molar-refractivity contribution in [3.05, 3.63) is 10.3 Å². The molecule has 5 nitrogen and oxygen atoms in total. The maximum Gasteiger partial charge on any atom is 0.154 e. The van der Waals surface area contributed by atoms with E-state index in [4.69, 9.17) is 0 Å². The molecule has 6 heteroatoms. The molecule has 0 amide bonds.